The molecule has 0 bridgehead atoms. The summed E-state index contributed by atoms with van der Waals surface area (Å²) in [7, 11) is 3.90. The molecule has 1 aliphatic heterocycles. The van der Waals surface area contributed by atoms with Crippen LogP contribution in [0.2, 0.25) is 0 Å². The summed E-state index contributed by atoms with van der Waals surface area (Å²) in [5.41, 5.74) is 0. The van der Waals surface area contributed by atoms with Crippen LogP contribution in [0.25, 0.3) is 0 Å². The Labute approximate surface area is 153 Å². The molecular weight excluding hydrogens is 336 g/mol. The maximum atomic E-state index is 12.6. The Balaban J connectivity index is 1.42. The van der Waals surface area contributed by atoms with Gasteiger partial charge in [-0.15, -0.1) is 0 Å². The summed E-state index contributed by atoms with van der Waals surface area (Å²) in [6, 6.07) is 3.33. The highest BCUT2D eigenvalue weighted by Crippen LogP contribution is 2.40. The molecule has 0 aromatic carbocycles. The smallest absolute Gasteiger partial charge is 0.289 e. The van der Waals surface area contributed by atoms with Crippen molar-refractivity contribution in [3.05, 3.63) is 24.2 Å². The number of hydrogen-bond acceptors (Lipinski definition) is 5. The van der Waals surface area contributed by atoms with Crippen molar-refractivity contribution in [1.82, 2.24) is 20.0 Å². The van der Waals surface area contributed by atoms with E-state index in [-0.39, 0.29) is 29.6 Å². The average molecular weight is 362 g/mol. The molecule has 1 N–H and O–H groups in total. The molecule has 8 heteroatoms. The highest BCUT2D eigenvalue weighted by molar-refractivity contribution is 5.93. The summed E-state index contributed by atoms with van der Waals surface area (Å²) in [5, 5.41) is 2.89. The quantitative estimate of drug-likeness (QED) is 0.762. The minimum Gasteiger partial charge on any atom is -0.459 e. The number of carbonyl (C=O) groups is 3. The molecule has 2 unspecified atom stereocenters. The summed E-state index contributed by atoms with van der Waals surface area (Å²) < 4.78 is 5.14. The van der Waals surface area contributed by atoms with Gasteiger partial charge in [0.2, 0.25) is 11.8 Å². The first-order chi connectivity index (χ1) is 12.5. The molecule has 2 atom stereocenters. The van der Waals surface area contributed by atoms with E-state index >= 15 is 0 Å². The van der Waals surface area contributed by atoms with Gasteiger partial charge in [-0.3, -0.25) is 14.4 Å². The zero-order valence-electron chi connectivity index (χ0n) is 15.3. The number of nitrogens with zero attached hydrogens (tertiary/aromatic N) is 3. The van der Waals surface area contributed by atoms with Crippen molar-refractivity contribution in [2.24, 2.45) is 11.8 Å². The lowest BCUT2D eigenvalue weighted by atomic mass is 10.2. The second-order valence-corrected chi connectivity index (χ2v) is 7.14. The molecule has 3 rings (SSSR count). The van der Waals surface area contributed by atoms with Crippen molar-refractivity contribution in [2.45, 2.75) is 6.42 Å². The first-order valence-electron chi connectivity index (χ1n) is 9.01. The minimum atomic E-state index is -0.207. The molecular formula is C18H26N4O4. The third-order valence-electron chi connectivity index (χ3n) is 4.91. The summed E-state index contributed by atoms with van der Waals surface area (Å²) in [6.07, 6.45) is 2.10. The van der Waals surface area contributed by atoms with Crippen molar-refractivity contribution >= 4 is 17.7 Å². The van der Waals surface area contributed by atoms with E-state index < -0.39 is 0 Å². The Hall–Kier alpha value is -2.35. The van der Waals surface area contributed by atoms with Crippen LogP contribution < -0.4 is 5.32 Å². The molecule has 1 saturated heterocycles. The van der Waals surface area contributed by atoms with E-state index in [2.05, 4.69) is 5.32 Å². The normalized spacial score (nSPS) is 22.4. The number of likely N-dealkylation sites (N-methyl/N-ethyl adjacent to an activating group) is 1. The lowest BCUT2D eigenvalue weighted by molar-refractivity contribution is -0.136. The van der Waals surface area contributed by atoms with E-state index in [1.165, 1.54) is 6.26 Å². The number of amides is 3. The third kappa shape index (κ3) is 4.24. The van der Waals surface area contributed by atoms with Gasteiger partial charge in [-0.05, 0) is 32.6 Å². The van der Waals surface area contributed by atoms with Crippen LogP contribution in [0.15, 0.2) is 22.8 Å². The van der Waals surface area contributed by atoms with Gasteiger partial charge in [-0.25, -0.2) is 0 Å². The summed E-state index contributed by atoms with van der Waals surface area (Å²) in [4.78, 5) is 42.4. The van der Waals surface area contributed by atoms with E-state index in [1.54, 1.807) is 21.9 Å². The fourth-order valence-corrected chi connectivity index (χ4v) is 3.21. The van der Waals surface area contributed by atoms with Crippen LogP contribution in [0, 0.1) is 11.8 Å². The number of hydrogen-bond donors (Lipinski definition) is 1. The Morgan fingerprint density at radius 3 is 2.46 bits per heavy atom. The minimum absolute atomic E-state index is 0.0304. The monoisotopic (exact) mass is 362 g/mol. The highest BCUT2D eigenvalue weighted by atomic mass is 16.3. The molecule has 0 spiro atoms. The van der Waals surface area contributed by atoms with E-state index in [9.17, 15) is 14.4 Å². The van der Waals surface area contributed by atoms with E-state index in [0.29, 0.717) is 44.9 Å². The van der Waals surface area contributed by atoms with E-state index in [4.69, 9.17) is 4.42 Å². The van der Waals surface area contributed by atoms with Crippen LogP contribution in [0.4, 0.5) is 0 Å². The number of piperazine rings is 1. The van der Waals surface area contributed by atoms with Gasteiger partial charge in [0.05, 0.1) is 18.1 Å². The Bertz CT molecular complexity index is 650. The van der Waals surface area contributed by atoms with Crippen LogP contribution in [0.3, 0.4) is 0 Å². The van der Waals surface area contributed by atoms with Crippen molar-refractivity contribution in [2.75, 3.05) is 53.4 Å². The average Bonchev–Trinajstić information content (AvgIpc) is 3.25. The predicted octanol–water partition coefficient (Wildman–Crippen LogP) is -0.122. The molecule has 2 aliphatic rings. The zero-order chi connectivity index (χ0) is 18.7. The summed E-state index contributed by atoms with van der Waals surface area (Å²) in [5.74, 6) is -0.234. The van der Waals surface area contributed by atoms with Crippen LogP contribution in [-0.4, -0.2) is 85.8 Å². The highest BCUT2D eigenvalue weighted by Gasteiger charge is 2.49. The number of rotatable bonds is 6. The van der Waals surface area contributed by atoms with Gasteiger partial charge in [-0.1, -0.05) is 0 Å². The first kappa shape index (κ1) is 18.4. The van der Waals surface area contributed by atoms with Gasteiger partial charge in [0, 0.05) is 39.3 Å². The van der Waals surface area contributed by atoms with Gasteiger partial charge < -0.3 is 24.4 Å². The number of carbonyl (C=O) groups excluding carboxylic acids is 3. The SMILES string of the molecule is CN(C)CCNC(=O)C1CC1C(=O)N1CCN(C(=O)c2ccco2)CC1. The predicted molar refractivity (Wildman–Crippen MR) is 94.4 cm³/mol. The molecule has 26 heavy (non-hydrogen) atoms. The lowest BCUT2D eigenvalue weighted by Gasteiger charge is -2.34. The number of nitrogens with one attached hydrogen (secondary N) is 1. The van der Waals surface area contributed by atoms with Crippen molar-refractivity contribution in [1.29, 1.82) is 0 Å². The topological polar surface area (TPSA) is 86.1 Å². The van der Waals surface area contributed by atoms with Crippen molar-refractivity contribution in [3.63, 3.8) is 0 Å². The lowest BCUT2D eigenvalue weighted by Crippen LogP contribution is -2.51. The fraction of sp³-hybridized carbons (Fsp3) is 0.611. The van der Waals surface area contributed by atoms with Gasteiger partial charge >= 0.3 is 0 Å². The van der Waals surface area contributed by atoms with Crippen molar-refractivity contribution in [3.8, 4) is 0 Å². The van der Waals surface area contributed by atoms with E-state index in [0.717, 1.165) is 6.54 Å². The first-order valence-corrected chi connectivity index (χ1v) is 9.01. The maximum absolute atomic E-state index is 12.6. The Kier molecular flexibility index (Phi) is 5.61. The summed E-state index contributed by atoms with van der Waals surface area (Å²) >= 11 is 0. The molecule has 1 saturated carbocycles. The zero-order valence-corrected chi connectivity index (χ0v) is 15.3. The second-order valence-electron chi connectivity index (χ2n) is 7.14. The molecule has 2 heterocycles. The molecule has 0 radical (unpaired) electrons. The second kappa shape index (κ2) is 7.90. The molecule has 8 nitrogen and oxygen atoms in total. The fourth-order valence-electron chi connectivity index (χ4n) is 3.21. The van der Waals surface area contributed by atoms with Gasteiger partial charge in [0.15, 0.2) is 5.76 Å². The van der Waals surface area contributed by atoms with Crippen LogP contribution in [0.1, 0.15) is 17.0 Å². The maximum Gasteiger partial charge on any atom is 0.289 e. The van der Waals surface area contributed by atoms with Gasteiger partial charge in [0.1, 0.15) is 0 Å². The van der Waals surface area contributed by atoms with Crippen molar-refractivity contribution < 1.29 is 18.8 Å². The van der Waals surface area contributed by atoms with Crippen LogP contribution in [0.5, 0.6) is 0 Å². The standard InChI is InChI=1S/C18H26N4O4/c1-20(2)6-5-19-16(23)13-12-14(13)17(24)21-7-9-22(10-8-21)18(25)15-4-3-11-26-15/h3-4,11,13-14H,5-10,12H2,1-2H3,(H,19,23). The Morgan fingerprint density at radius 1 is 1.15 bits per heavy atom. The van der Waals surface area contributed by atoms with E-state index in [1.807, 2.05) is 19.0 Å². The molecule has 1 aromatic heterocycles. The molecule has 1 aromatic rings. The van der Waals surface area contributed by atoms with Crippen LogP contribution >= 0.6 is 0 Å². The van der Waals surface area contributed by atoms with Crippen LogP contribution in [-0.2, 0) is 9.59 Å². The molecule has 1 aliphatic carbocycles. The molecule has 3 amide bonds. The third-order valence-corrected chi connectivity index (χ3v) is 4.91. The largest absolute Gasteiger partial charge is 0.459 e. The molecule has 142 valence electrons. The number of furan rings is 1. The van der Waals surface area contributed by atoms with Gasteiger partial charge in [-0.2, -0.15) is 0 Å². The van der Waals surface area contributed by atoms with Gasteiger partial charge in [0.25, 0.3) is 5.91 Å². The molecule has 2 fully saturated rings. The Morgan fingerprint density at radius 2 is 1.85 bits per heavy atom. The summed E-state index contributed by atoms with van der Waals surface area (Å²) in [6.45, 7) is 3.34.